The van der Waals surface area contributed by atoms with Gasteiger partial charge >= 0.3 is 12.4 Å². The van der Waals surface area contributed by atoms with E-state index in [0.717, 1.165) is 39.8 Å². The number of benzene rings is 7. The first-order valence-corrected chi connectivity index (χ1v) is 17.7. The van der Waals surface area contributed by atoms with Crippen LogP contribution in [-0.4, -0.2) is 15.0 Å². The Morgan fingerprint density at radius 2 is 0.821 bits per heavy atom. The van der Waals surface area contributed by atoms with Crippen LogP contribution in [0.1, 0.15) is 11.1 Å². The van der Waals surface area contributed by atoms with Crippen molar-refractivity contribution in [1.29, 1.82) is 0 Å². The summed E-state index contributed by atoms with van der Waals surface area (Å²) in [6.45, 7) is 0. The summed E-state index contributed by atoms with van der Waals surface area (Å²) in [5.41, 5.74) is 4.17. The van der Waals surface area contributed by atoms with Gasteiger partial charge in [0.1, 0.15) is 0 Å². The molecule has 7 aromatic carbocycles. The smallest absolute Gasteiger partial charge is 0.247 e. The number of para-hydroxylation sites is 1. The zero-order valence-corrected chi connectivity index (χ0v) is 29.2. The van der Waals surface area contributed by atoms with Crippen LogP contribution in [0.25, 0.3) is 88.7 Å². The molecule has 0 amide bonds. The zero-order valence-electron chi connectivity index (χ0n) is 29.2. The summed E-state index contributed by atoms with van der Waals surface area (Å²) < 4.78 is 84.7. The molecule has 0 aliphatic rings. The highest BCUT2D eigenvalue weighted by molar-refractivity contribution is 6.24. The van der Waals surface area contributed by atoms with Gasteiger partial charge in [0.15, 0.2) is 0 Å². The molecular weight excluding hydrogens is 721 g/mol. The highest BCUT2D eigenvalue weighted by Gasteiger charge is 2.37. The minimum Gasteiger partial charge on any atom is -0.247 e. The maximum atomic E-state index is 14.1. The van der Waals surface area contributed by atoms with Gasteiger partial charge in [0, 0.05) is 38.4 Å². The molecule has 56 heavy (non-hydrogen) atoms. The first kappa shape index (κ1) is 34.9. The molecule has 0 atom stereocenters. The third-order valence-electron chi connectivity index (χ3n) is 9.87. The van der Waals surface area contributed by atoms with Crippen LogP contribution in [0.2, 0.25) is 0 Å². The third-order valence-corrected chi connectivity index (χ3v) is 9.87. The van der Waals surface area contributed by atoms with Crippen molar-refractivity contribution in [3.63, 3.8) is 0 Å². The lowest BCUT2D eigenvalue weighted by atomic mass is 9.89. The average molecular weight is 748 g/mol. The van der Waals surface area contributed by atoms with E-state index in [1.54, 1.807) is 18.2 Å². The molecule has 2 aromatic heterocycles. The molecule has 0 aliphatic carbocycles. The van der Waals surface area contributed by atoms with Crippen molar-refractivity contribution in [3.8, 4) is 56.0 Å². The fourth-order valence-electron chi connectivity index (χ4n) is 7.32. The summed E-state index contributed by atoms with van der Waals surface area (Å²) in [6.07, 6.45) is -10.0. The molecule has 3 nitrogen and oxygen atoms in total. The molecule has 0 fully saturated rings. The van der Waals surface area contributed by atoms with Gasteiger partial charge < -0.3 is 0 Å². The molecule has 2 heterocycles. The Hall–Kier alpha value is -6.87. The van der Waals surface area contributed by atoms with Gasteiger partial charge in [-0.1, -0.05) is 133 Å². The van der Waals surface area contributed by atoms with Gasteiger partial charge in [-0.2, -0.15) is 26.3 Å². The minimum absolute atomic E-state index is 0.140. The normalized spacial score (nSPS) is 12.1. The van der Waals surface area contributed by atoms with Crippen LogP contribution in [0.15, 0.2) is 164 Å². The van der Waals surface area contributed by atoms with Crippen molar-refractivity contribution in [2.75, 3.05) is 0 Å². The van der Waals surface area contributed by atoms with Gasteiger partial charge in [-0.25, -0.2) is 15.0 Å². The second-order valence-electron chi connectivity index (χ2n) is 13.4. The topological polar surface area (TPSA) is 38.7 Å². The van der Waals surface area contributed by atoms with E-state index < -0.39 is 23.5 Å². The number of hydrogen-bond acceptors (Lipinski definition) is 3. The average Bonchev–Trinajstić information content (AvgIpc) is 3.22. The summed E-state index contributed by atoms with van der Waals surface area (Å²) in [4.78, 5) is 15.9. The third kappa shape index (κ3) is 6.21. The summed E-state index contributed by atoms with van der Waals surface area (Å²) in [5.74, 6) is 0. The maximum Gasteiger partial charge on any atom is 0.416 e. The highest BCUT2D eigenvalue weighted by atomic mass is 19.4. The van der Waals surface area contributed by atoms with Gasteiger partial charge in [0.05, 0.1) is 44.8 Å². The van der Waals surface area contributed by atoms with Crippen molar-refractivity contribution in [3.05, 3.63) is 175 Å². The van der Waals surface area contributed by atoms with E-state index in [-0.39, 0.29) is 17.2 Å². The molecule has 9 rings (SSSR count). The molecule has 0 saturated carbocycles. The lowest BCUT2D eigenvalue weighted by Gasteiger charge is -2.19. The van der Waals surface area contributed by atoms with Crippen LogP contribution in [0.3, 0.4) is 0 Å². The second-order valence-corrected chi connectivity index (χ2v) is 13.4. The Morgan fingerprint density at radius 3 is 1.39 bits per heavy atom. The SMILES string of the molecule is FC(F)(F)c1cc(-c2ccccc2-c2nc3ccccc3c3c2cc(-c2ccccc2)c2nc(-c4ccccc4)c(-c4ccccc4)nc23)cc(C(F)(F)F)c1. The monoisotopic (exact) mass is 747 g/mol. The van der Waals surface area contributed by atoms with Crippen molar-refractivity contribution >= 4 is 32.7 Å². The Morgan fingerprint density at radius 1 is 0.339 bits per heavy atom. The van der Waals surface area contributed by atoms with E-state index in [0.29, 0.717) is 50.0 Å². The molecule has 0 unspecified atom stereocenters. The predicted octanol–water partition coefficient (Wildman–Crippen LogP) is 13.7. The van der Waals surface area contributed by atoms with Gasteiger partial charge in [-0.05, 0) is 47.0 Å². The Bertz CT molecular complexity index is 2890. The second kappa shape index (κ2) is 13.5. The van der Waals surface area contributed by atoms with Crippen LogP contribution >= 0.6 is 0 Å². The number of alkyl halides is 6. The van der Waals surface area contributed by atoms with Gasteiger partial charge in [0.2, 0.25) is 0 Å². The van der Waals surface area contributed by atoms with Crippen molar-refractivity contribution in [1.82, 2.24) is 15.0 Å². The summed E-state index contributed by atoms with van der Waals surface area (Å²) >= 11 is 0. The molecule has 0 saturated heterocycles. The number of hydrogen-bond donors (Lipinski definition) is 0. The van der Waals surface area contributed by atoms with E-state index in [4.69, 9.17) is 15.0 Å². The van der Waals surface area contributed by atoms with Crippen molar-refractivity contribution in [2.45, 2.75) is 12.4 Å². The molecule has 0 bridgehead atoms. The summed E-state index contributed by atoms with van der Waals surface area (Å²) in [5, 5.41) is 2.05. The number of fused-ring (bicyclic) bond motifs is 5. The Kier molecular flexibility index (Phi) is 8.38. The van der Waals surface area contributed by atoms with Crippen molar-refractivity contribution < 1.29 is 26.3 Å². The highest BCUT2D eigenvalue weighted by Crippen LogP contribution is 2.46. The van der Waals surface area contributed by atoms with Crippen LogP contribution in [0.5, 0.6) is 0 Å². The van der Waals surface area contributed by atoms with E-state index in [2.05, 4.69) is 0 Å². The number of pyridine rings is 1. The molecule has 0 spiro atoms. The Balaban J connectivity index is 1.44. The molecule has 9 heteroatoms. The first-order valence-electron chi connectivity index (χ1n) is 17.7. The molecule has 0 N–H and O–H groups in total. The van der Waals surface area contributed by atoms with Crippen LogP contribution < -0.4 is 0 Å². The quantitative estimate of drug-likeness (QED) is 0.130. The molecular formula is C47H27F6N3. The van der Waals surface area contributed by atoms with Gasteiger partial charge in [-0.3, -0.25) is 0 Å². The minimum atomic E-state index is -5.02. The maximum absolute atomic E-state index is 14.1. The largest absolute Gasteiger partial charge is 0.416 e. The molecule has 9 aromatic rings. The lowest BCUT2D eigenvalue weighted by molar-refractivity contribution is -0.143. The first-order chi connectivity index (χ1) is 27.0. The predicted molar refractivity (Wildman–Crippen MR) is 210 cm³/mol. The Labute approximate surface area is 316 Å². The standard InChI is InChI=1S/C47H27F6N3/c48-46(49,50)32-24-31(25-33(26-32)47(51,52)53)34-20-10-11-21-35(34)43-38-27-37(28-14-4-1-5-15-28)44-45(40(38)36-22-12-13-23-39(36)54-43)56-42(30-18-8-3-9-19-30)41(55-44)29-16-6-2-7-17-29/h1-27H. The number of halogens is 6. The number of nitrogens with zero attached hydrogens (tertiary/aromatic N) is 3. The zero-order chi connectivity index (χ0) is 38.6. The fraction of sp³-hybridized carbons (Fsp3) is 0.0426. The fourth-order valence-corrected chi connectivity index (χ4v) is 7.32. The molecule has 272 valence electrons. The van der Waals surface area contributed by atoms with Gasteiger partial charge in [0.25, 0.3) is 0 Å². The summed E-state index contributed by atoms with van der Waals surface area (Å²) in [7, 11) is 0. The molecule has 0 aliphatic heterocycles. The number of aromatic nitrogens is 3. The van der Waals surface area contributed by atoms with Gasteiger partial charge in [-0.15, -0.1) is 0 Å². The van der Waals surface area contributed by atoms with E-state index in [9.17, 15) is 26.3 Å². The number of rotatable bonds is 5. The van der Waals surface area contributed by atoms with E-state index in [1.165, 1.54) is 6.07 Å². The lowest BCUT2D eigenvalue weighted by Crippen LogP contribution is -2.11. The van der Waals surface area contributed by atoms with E-state index in [1.807, 2.05) is 121 Å². The molecule has 0 radical (unpaired) electrons. The van der Waals surface area contributed by atoms with E-state index >= 15 is 0 Å². The summed E-state index contributed by atoms with van der Waals surface area (Å²) in [6, 6.07) is 46.7. The van der Waals surface area contributed by atoms with Crippen molar-refractivity contribution in [2.24, 2.45) is 0 Å². The van der Waals surface area contributed by atoms with Crippen LogP contribution in [0.4, 0.5) is 26.3 Å². The van der Waals surface area contributed by atoms with Crippen LogP contribution in [0, 0.1) is 0 Å². The van der Waals surface area contributed by atoms with Crippen LogP contribution in [-0.2, 0) is 12.4 Å².